The van der Waals surface area contributed by atoms with E-state index in [0.717, 1.165) is 35.8 Å². The van der Waals surface area contributed by atoms with Crippen molar-refractivity contribution < 1.29 is 9.47 Å². The van der Waals surface area contributed by atoms with Crippen LogP contribution in [0.15, 0.2) is 41.3 Å². The lowest BCUT2D eigenvalue weighted by molar-refractivity contribution is 0.355. The number of hydrogen-bond acceptors (Lipinski definition) is 5. The minimum Gasteiger partial charge on any atom is -0.493 e. The fourth-order valence-electron chi connectivity index (χ4n) is 4.35. The van der Waals surface area contributed by atoms with Gasteiger partial charge in [0.2, 0.25) is 0 Å². The molecular formula is C25H31N3O3. The lowest BCUT2D eigenvalue weighted by Gasteiger charge is -2.29. The number of benzene rings is 1. The average molecular weight is 422 g/mol. The van der Waals surface area contributed by atoms with E-state index in [0.29, 0.717) is 22.8 Å². The molecule has 6 nitrogen and oxygen atoms in total. The van der Waals surface area contributed by atoms with Crippen LogP contribution >= 0.6 is 0 Å². The van der Waals surface area contributed by atoms with E-state index in [1.165, 1.54) is 25.7 Å². The number of ether oxygens (including phenoxy) is 2. The van der Waals surface area contributed by atoms with Gasteiger partial charge in [0.1, 0.15) is 5.65 Å². The number of methoxy groups -OCH3 is 2. The van der Waals surface area contributed by atoms with Gasteiger partial charge in [-0.2, -0.15) is 0 Å². The van der Waals surface area contributed by atoms with Crippen molar-refractivity contribution in [2.75, 3.05) is 32.2 Å². The maximum atomic E-state index is 13.1. The molecule has 1 aromatic carbocycles. The topological polar surface area (TPSA) is 56.1 Å². The fraction of sp³-hybridized carbons (Fsp3) is 0.440. The largest absolute Gasteiger partial charge is 0.493 e. The molecule has 0 aliphatic carbocycles. The number of pyridine rings is 1. The van der Waals surface area contributed by atoms with Crippen LogP contribution in [-0.4, -0.2) is 36.7 Å². The van der Waals surface area contributed by atoms with Gasteiger partial charge in [0.05, 0.1) is 25.6 Å². The van der Waals surface area contributed by atoms with Gasteiger partial charge in [-0.25, -0.2) is 4.98 Å². The van der Waals surface area contributed by atoms with Gasteiger partial charge in [-0.05, 0) is 55.5 Å². The van der Waals surface area contributed by atoms with Crippen molar-refractivity contribution in [3.63, 3.8) is 0 Å². The first-order valence-corrected chi connectivity index (χ1v) is 11.0. The zero-order valence-electron chi connectivity index (χ0n) is 18.9. The molecule has 0 bridgehead atoms. The van der Waals surface area contributed by atoms with Crippen LogP contribution in [0.1, 0.15) is 38.2 Å². The molecule has 1 aliphatic rings. The minimum atomic E-state index is -0.0832. The Labute approximate surface area is 183 Å². The highest BCUT2D eigenvalue weighted by molar-refractivity contribution is 5.67. The Morgan fingerprint density at radius 1 is 1.00 bits per heavy atom. The molecule has 6 heteroatoms. The van der Waals surface area contributed by atoms with Crippen molar-refractivity contribution >= 4 is 11.3 Å². The quantitative estimate of drug-likeness (QED) is 0.611. The summed E-state index contributed by atoms with van der Waals surface area (Å²) >= 11 is 0. The predicted octanol–water partition coefficient (Wildman–Crippen LogP) is 4.70. The Morgan fingerprint density at radius 2 is 1.81 bits per heavy atom. The highest BCUT2D eigenvalue weighted by Gasteiger charge is 2.16. The highest BCUT2D eigenvalue weighted by Crippen LogP contribution is 2.32. The zero-order chi connectivity index (χ0) is 22.0. The van der Waals surface area contributed by atoms with Crippen LogP contribution in [0.3, 0.4) is 0 Å². The Kier molecular flexibility index (Phi) is 6.16. The molecule has 4 rings (SSSR count). The van der Waals surface area contributed by atoms with Crippen molar-refractivity contribution in [1.82, 2.24) is 9.38 Å². The third kappa shape index (κ3) is 4.38. The van der Waals surface area contributed by atoms with Gasteiger partial charge in [-0.1, -0.05) is 19.8 Å². The lowest BCUT2D eigenvalue weighted by atomic mass is 9.98. The van der Waals surface area contributed by atoms with Crippen molar-refractivity contribution in [1.29, 1.82) is 0 Å². The first-order valence-electron chi connectivity index (χ1n) is 11.0. The molecule has 0 amide bonds. The number of rotatable bonds is 4. The van der Waals surface area contributed by atoms with E-state index in [9.17, 15) is 4.79 Å². The molecule has 0 N–H and O–H groups in total. The number of aromatic nitrogens is 2. The summed E-state index contributed by atoms with van der Waals surface area (Å²) in [4.78, 5) is 20.3. The SMILES string of the molecule is COc1ccc(-c2cc(=O)n3cc(N4CCCCC(C)CC4)cc(C)c3n2)cc1OC. The third-order valence-corrected chi connectivity index (χ3v) is 6.24. The number of hydrogen-bond donors (Lipinski definition) is 0. The standard InChI is InChI=1S/C25H31N3O3/c1-17-7-5-6-11-27(12-10-17)20-13-18(2)25-26-21(15-24(29)28(25)16-20)19-8-9-22(30-3)23(14-19)31-4/h8-9,13-17H,5-7,10-12H2,1-4H3. The fourth-order valence-corrected chi connectivity index (χ4v) is 4.35. The smallest absolute Gasteiger partial charge is 0.258 e. The molecule has 1 fully saturated rings. The molecule has 164 valence electrons. The van der Waals surface area contributed by atoms with Gasteiger partial charge in [0, 0.05) is 30.9 Å². The molecule has 2 aromatic heterocycles. The molecule has 31 heavy (non-hydrogen) atoms. The molecule has 1 unspecified atom stereocenters. The van der Waals surface area contributed by atoms with Gasteiger partial charge in [0.15, 0.2) is 11.5 Å². The minimum absolute atomic E-state index is 0.0832. The predicted molar refractivity (Wildman–Crippen MR) is 125 cm³/mol. The molecule has 1 saturated heterocycles. The summed E-state index contributed by atoms with van der Waals surface area (Å²) in [6.07, 6.45) is 6.89. The number of anilines is 1. The third-order valence-electron chi connectivity index (χ3n) is 6.24. The number of nitrogens with zero attached hydrogens (tertiary/aromatic N) is 3. The number of aryl methyl sites for hydroxylation is 1. The Balaban J connectivity index is 1.74. The van der Waals surface area contributed by atoms with Crippen molar-refractivity contribution in [3.05, 3.63) is 52.4 Å². The summed E-state index contributed by atoms with van der Waals surface area (Å²) in [6.45, 7) is 6.41. The van der Waals surface area contributed by atoms with Crippen LogP contribution in [0.2, 0.25) is 0 Å². The Morgan fingerprint density at radius 3 is 2.58 bits per heavy atom. The van der Waals surface area contributed by atoms with Gasteiger partial charge in [-0.3, -0.25) is 9.20 Å². The van der Waals surface area contributed by atoms with Crippen molar-refractivity contribution in [2.45, 2.75) is 39.5 Å². The van der Waals surface area contributed by atoms with Crippen molar-refractivity contribution in [2.24, 2.45) is 5.92 Å². The Hall–Kier alpha value is -3.02. The molecule has 0 radical (unpaired) electrons. The van der Waals surface area contributed by atoms with Gasteiger partial charge in [-0.15, -0.1) is 0 Å². The normalized spacial score (nSPS) is 17.3. The zero-order valence-corrected chi connectivity index (χ0v) is 18.9. The van der Waals surface area contributed by atoms with Crippen LogP contribution in [0.25, 0.3) is 16.9 Å². The maximum Gasteiger partial charge on any atom is 0.258 e. The Bertz CT molecular complexity index is 1140. The van der Waals surface area contributed by atoms with Crippen LogP contribution in [0, 0.1) is 12.8 Å². The monoisotopic (exact) mass is 421 g/mol. The van der Waals surface area contributed by atoms with Crippen LogP contribution in [-0.2, 0) is 0 Å². The van der Waals surface area contributed by atoms with Crippen LogP contribution in [0.4, 0.5) is 5.69 Å². The second kappa shape index (κ2) is 9.00. The van der Waals surface area contributed by atoms with Gasteiger partial charge >= 0.3 is 0 Å². The van der Waals surface area contributed by atoms with E-state index in [-0.39, 0.29) is 5.56 Å². The highest BCUT2D eigenvalue weighted by atomic mass is 16.5. The van der Waals surface area contributed by atoms with E-state index in [4.69, 9.17) is 14.5 Å². The summed E-state index contributed by atoms with van der Waals surface area (Å²) in [5.41, 5.74) is 4.14. The van der Waals surface area contributed by atoms with E-state index < -0.39 is 0 Å². The summed E-state index contributed by atoms with van der Waals surface area (Å²) in [7, 11) is 3.20. The summed E-state index contributed by atoms with van der Waals surface area (Å²) in [5.74, 6) is 2.00. The molecule has 0 saturated carbocycles. The average Bonchev–Trinajstić information content (AvgIpc) is 2.76. The molecular weight excluding hydrogens is 390 g/mol. The first-order chi connectivity index (χ1) is 15.0. The van der Waals surface area contributed by atoms with Crippen molar-refractivity contribution in [3.8, 4) is 22.8 Å². The van der Waals surface area contributed by atoms with E-state index in [1.54, 1.807) is 24.7 Å². The van der Waals surface area contributed by atoms with E-state index >= 15 is 0 Å². The molecule has 0 spiro atoms. The van der Waals surface area contributed by atoms with Crippen LogP contribution in [0.5, 0.6) is 11.5 Å². The summed E-state index contributed by atoms with van der Waals surface area (Å²) in [6, 6.07) is 9.32. The summed E-state index contributed by atoms with van der Waals surface area (Å²) < 4.78 is 12.4. The second-order valence-electron chi connectivity index (χ2n) is 8.50. The van der Waals surface area contributed by atoms with E-state index in [1.807, 2.05) is 31.3 Å². The second-order valence-corrected chi connectivity index (χ2v) is 8.50. The van der Waals surface area contributed by atoms with Gasteiger partial charge in [0.25, 0.3) is 5.56 Å². The molecule has 1 aliphatic heterocycles. The molecule has 1 atom stereocenters. The molecule has 3 aromatic rings. The maximum absolute atomic E-state index is 13.1. The number of fused-ring (bicyclic) bond motifs is 1. The first kappa shape index (κ1) is 21.2. The van der Waals surface area contributed by atoms with E-state index in [2.05, 4.69) is 17.9 Å². The van der Waals surface area contributed by atoms with Crippen LogP contribution < -0.4 is 19.9 Å². The summed E-state index contributed by atoms with van der Waals surface area (Å²) in [5, 5.41) is 0. The molecule has 3 heterocycles. The lowest BCUT2D eigenvalue weighted by Crippen LogP contribution is -2.29. The van der Waals surface area contributed by atoms with Gasteiger partial charge < -0.3 is 14.4 Å².